The maximum absolute atomic E-state index is 13.1. The van der Waals surface area contributed by atoms with Crippen LogP contribution < -0.4 is 10.5 Å². The summed E-state index contributed by atoms with van der Waals surface area (Å²) in [5, 5.41) is 0. The number of nitrogens with two attached hydrogens (primary N) is 1. The molecule has 0 aromatic carbocycles. The van der Waals surface area contributed by atoms with E-state index in [1.165, 1.54) is 0 Å². The van der Waals surface area contributed by atoms with E-state index >= 15 is 0 Å². The lowest BCUT2D eigenvalue weighted by atomic mass is 9.89. The fourth-order valence-corrected chi connectivity index (χ4v) is 4.68. The number of carbonyl (C=O) groups excluding carboxylic acids is 2. The Balaban J connectivity index is 1.24. The molecular weight excluding hydrogens is 406 g/mol. The monoisotopic (exact) mass is 437 g/mol. The van der Waals surface area contributed by atoms with Crippen molar-refractivity contribution in [1.29, 1.82) is 0 Å². The number of ketones is 1. The molecule has 2 aromatic heterocycles. The van der Waals surface area contributed by atoms with E-state index in [2.05, 4.69) is 14.9 Å². The quantitative estimate of drug-likeness (QED) is 0.693. The number of ether oxygens (including phenoxy) is 1. The molecule has 2 N–H and O–H groups in total. The zero-order chi connectivity index (χ0) is 22.5. The van der Waals surface area contributed by atoms with E-state index in [-0.39, 0.29) is 23.5 Å². The number of aromatic nitrogens is 2. The second kappa shape index (κ2) is 10.1. The molecule has 0 saturated carbocycles. The van der Waals surface area contributed by atoms with Crippen molar-refractivity contribution >= 4 is 17.5 Å². The Labute approximate surface area is 188 Å². The van der Waals surface area contributed by atoms with E-state index in [1.54, 1.807) is 31.5 Å². The first-order valence-corrected chi connectivity index (χ1v) is 11.3. The van der Waals surface area contributed by atoms with E-state index in [9.17, 15) is 9.59 Å². The molecule has 0 atom stereocenters. The van der Waals surface area contributed by atoms with Crippen molar-refractivity contribution in [2.45, 2.75) is 32.2 Å². The number of anilines is 1. The molecule has 0 aliphatic carbocycles. The van der Waals surface area contributed by atoms with Crippen molar-refractivity contribution in [1.82, 2.24) is 19.8 Å². The number of Topliss-reactive ketones (excluding diaryl/α,β-unsaturated/α-hetero) is 1. The van der Waals surface area contributed by atoms with Crippen LogP contribution in [0.15, 0.2) is 36.5 Å². The van der Waals surface area contributed by atoms with E-state index < -0.39 is 0 Å². The molecule has 170 valence electrons. The molecule has 2 fully saturated rings. The van der Waals surface area contributed by atoms with Crippen LogP contribution in [-0.4, -0.2) is 64.7 Å². The fraction of sp³-hybridized carbons (Fsp3) is 0.500. The Bertz CT molecular complexity index is 950. The number of methoxy groups -OCH3 is 1. The number of nitrogens with zero attached hydrogens (tertiary/aromatic N) is 4. The number of likely N-dealkylation sites (tertiary alicyclic amines) is 2. The number of amides is 1. The molecule has 4 heterocycles. The number of nitrogen functional groups attached to an aromatic ring is 1. The summed E-state index contributed by atoms with van der Waals surface area (Å²) in [6.07, 6.45) is 4.84. The summed E-state index contributed by atoms with van der Waals surface area (Å²) in [7, 11) is 1.54. The third kappa shape index (κ3) is 5.24. The Kier molecular flexibility index (Phi) is 6.99. The van der Waals surface area contributed by atoms with E-state index in [4.69, 9.17) is 10.5 Å². The standard InChI is InChI=1S/C24H31N5O3/c1-32-22-4-2-3-20(27-22)23(30)18-8-13-29(14-9-18)24(31)19-6-11-28(12-7-19)16-17-5-10-26-21(25)15-17/h2-5,10,15,18-19H,6-9,11-14,16H2,1H3,(H2,25,26). The van der Waals surface area contributed by atoms with Crippen molar-refractivity contribution in [3.63, 3.8) is 0 Å². The third-order valence-corrected chi connectivity index (χ3v) is 6.55. The highest BCUT2D eigenvalue weighted by Crippen LogP contribution is 2.26. The van der Waals surface area contributed by atoms with Gasteiger partial charge in [0.1, 0.15) is 11.5 Å². The Morgan fingerprint density at radius 1 is 1.06 bits per heavy atom. The van der Waals surface area contributed by atoms with Crippen LogP contribution in [0.25, 0.3) is 0 Å². The van der Waals surface area contributed by atoms with Gasteiger partial charge in [0.05, 0.1) is 7.11 Å². The second-order valence-corrected chi connectivity index (χ2v) is 8.67. The van der Waals surface area contributed by atoms with Crippen LogP contribution in [0.5, 0.6) is 5.88 Å². The van der Waals surface area contributed by atoms with Crippen LogP contribution in [0.2, 0.25) is 0 Å². The normalized spacial score (nSPS) is 18.5. The van der Waals surface area contributed by atoms with Crippen molar-refractivity contribution in [2.75, 3.05) is 39.0 Å². The molecule has 2 aliphatic heterocycles. The molecule has 32 heavy (non-hydrogen) atoms. The van der Waals surface area contributed by atoms with Crippen molar-refractivity contribution in [3.8, 4) is 5.88 Å². The lowest BCUT2D eigenvalue weighted by Crippen LogP contribution is -2.46. The highest BCUT2D eigenvalue weighted by atomic mass is 16.5. The number of hydrogen-bond donors (Lipinski definition) is 1. The van der Waals surface area contributed by atoms with Crippen LogP contribution in [0.4, 0.5) is 5.82 Å². The maximum Gasteiger partial charge on any atom is 0.225 e. The van der Waals surface area contributed by atoms with Gasteiger partial charge in [0.25, 0.3) is 0 Å². The predicted octanol–water partition coefficient (Wildman–Crippen LogP) is 2.40. The van der Waals surface area contributed by atoms with Crippen LogP contribution in [0.1, 0.15) is 41.7 Å². The molecule has 4 rings (SSSR count). The minimum absolute atomic E-state index is 0.0426. The number of pyridine rings is 2. The fourth-order valence-electron chi connectivity index (χ4n) is 4.68. The summed E-state index contributed by atoms with van der Waals surface area (Å²) in [5.41, 5.74) is 7.37. The second-order valence-electron chi connectivity index (χ2n) is 8.67. The molecular formula is C24H31N5O3. The number of rotatable bonds is 6. The lowest BCUT2D eigenvalue weighted by Gasteiger charge is -2.37. The topological polar surface area (TPSA) is 102 Å². The summed E-state index contributed by atoms with van der Waals surface area (Å²) >= 11 is 0. The van der Waals surface area contributed by atoms with Crippen molar-refractivity contribution < 1.29 is 14.3 Å². The van der Waals surface area contributed by atoms with Gasteiger partial charge in [-0.15, -0.1) is 0 Å². The van der Waals surface area contributed by atoms with Crippen LogP contribution in [0.3, 0.4) is 0 Å². The average Bonchev–Trinajstić information content (AvgIpc) is 2.84. The Morgan fingerprint density at radius 3 is 2.47 bits per heavy atom. The molecule has 0 bridgehead atoms. The largest absolute Gasteiger partial charge is 0.481 e. The van der Waals surface area contributed by atoms with Gasteiger partial charge in [-0.3, -0.25) is 14.5 Å². The van der Waals surface area contributed by atoms with Gasteiger partial charge in [-0.2, -0.15) is 0 Å². The van der Waals surface area contributed by atoms with Gasteiger partial charge in [0, 0.05) is 43.7 Å². The summed E-state index contributed by atoms with van der Waals surface area (Å²) in [5.74, 6) is 1.25. The molecule has 2 aliphatic rings. The molecule has 0 radical (unpaired) electrons. The zero-order valence-electron chi connectivity index (χ0n) is 18.6. The molecule has 0 unspecified atom stereocenters. The summed E-state index contributed by atoms with van der Waals surface area (Å²) < 4.78 is 5.13. The highest BCUT2D eigenvalue weighted by Gasteiger charge is 2.33. The Hall–Kier alpha value is -3.00. The lowest BCUT2D eigenvalue weighted by molar-refractivity contribution is -0.138. The maximum atomic E-state index is 13.1. The summed E-state index contributed by atoms with van der Waals surface area (Å²) in [6.45, 7) is 3.90. The molecule has 8 heteroatoms. The van der Waals surface area contributed by atoms with Gasteiger partial charge in [0.15, 0.2) is 5.78 Å². The van der Waals surface area contributed by atoms with E-state index in [1.807, 2.05) is 17.0 Å². The molecule has 0 spiro atoms. The van der Waals surface area contributed by atoms with Gasteiger partial charge < -0.3 is 15.4 Å². The summed E-state index contributed by atoms with van der Waals surface area (Å²) in [6, 6.07) is 9.14. The number of piperidine rings is 2. The van der Waals surface area contributed by atoms with E-state index in [0.29, 0.717) is 43.3 Å². The Morgan fingerprint density at radius 2 is 1.78 bits per heavy atom. The molecule has 2 saturated heterocycles. The minimum atomic E-state index is -0.0895. The van der Waals surface area contributed by atoms with E-state index in [0.717, 1.165) is 38.0 Å². The average molecular weight is 438 g/mol. The first-order chi connectivity index (χ1) is 15.5. The first kappa shape index (κ1) is 22.2. The molecule has 2 aromatic rings. The van der Waals surface area contributed by atoms with Gasteiger partial charge in [0.2, 0.25) is 11.8 Å². The third-order valence-electron chi connectivity index (χ3n) is 6.55. The van der Waals surface area contributed by atoms with Crippen LogP contribution in [0, 0.1) is 11.8 Å². The van der Waals surface area contributed by atoms with Gasteiger partial charge >= 0.3 is 0 Å². The SMILES string of the molecule is COc1cccc(C(=O)C2CCN(C(=O)C3CCN(Cc4ccnc(N)c4)CC3)CC2)n1. The van der Waals surface area contributed by atoms with Gasteiger partial charge in [-0.05, 0) is 62.5 Å². The molecule has 8 nitrogen and oxygen atoms in total. The predicted molar refractivity (Wildman–Crippen MR) is 121 cm³/mol. The number of carbonyl (C=O) groups is 2. The van der Waals surface area contributed by atoms with Crippen molar-refractivity contribution in [3.05, 3.63) is 47.8 Å². The van der Waals surface area contributed by atoms with Gasteiger partial charge in [-0.25, -0.2) is 9.97 Å². The highest BCUT2D eigenvalue weighted by molar-refractivity contribution is 5.96. The zero-order valence-corrected chi connectivity index (χ0v) is 18.6. The number of hydrogen-bond acceptors (Lipinski definition) is 7. The minimum Gasteiger partial charge on any atom is -0.481 e. The van der Waals surface area contributed by atoms with Gasteiger partial charge in [-0.1, -0.05) is 6.07 Å². The molecule has 1 amide bonds. The van der Waals surface area contributed by atoms with Crippen LogP contribution >= 0.6 is 0 Å². The smallest absolute Gasteiger partial charge is 0.225 e. The van der Waals surface area contributed by atoms with Crippen LogP contribution in [-0.2, 0) is 11.3 Å². The first-order valence-electron chi connectivity index (χ1n) is 11.3. The summed E-state index contributed by atoms with van der Waals surface area (Å²) in [4.78, 5) is 38.5. The van der Waals surface area contributed by atoms with Crippen molar-refractivity contribution in [2.24, 2.45) is 11.8 Å².